The van der Waals surface area contributed by atoms with Crippen LogP contribution in [0, 0.1) is 15.3 Å². The second kappa shape index (κ2) is 6.21. The van der Waals surface area contributed by atoms with Gasteiger partial charge in [-0.1, -0.05) is 11.8 Å². The van der Waals surface area contributed by atoms with E-state index in [2.05, 4.69) is 0 Å². The first-order chi connectivity index (χ1) is 8.97. The number of hydrogen-bond donors (Lipinski definition) is 0. The fourth-order valence-electron chi connectivity index (χ4n) is 2.06. The molecule has 1 aliphatic heterocycles. The van der Waals surface area contributed by atoms with E-state index in [0.29, 0.717) is 18.7 Å². The van der Waals surface area contributed by atoms with Gasteiger partial charge in [-0.3, -0.25) is 9.59 Å². The molecule has 0 saturated carbocycles. The molecule has 0 N–H and O–H groups in total. The molecule has 1 amide bonds. The van der Waals surface area contributed by atoms with Crippen LogP contribution in [0.25, 0.3) is 0 Å². The van der Waals surface area contributed by atoms with E-state index in [-0.39, 0.29) is 22.8 Å². The molecule has 2 rings (SSSR count). The molecule has 1 fully saturated rings. The number of carbonyl (C=O) groups is 2. The molecule has 0 aromatic heterocycles. The second-order valence-corrected chi connectivity index (χ2v) is 6.83. The molecule has 1 atom stereocenters. The first-order valence-corrected chi connectivity index (χ1v) is 7.92. The Labute approximate surface area is 129 Å². The van der Waals surface area contributed by atoms with Crippen LogP contribution in [0.15, 0.2) is 18.2 Å². The van der Waals surface area contributed by atoms with Gasteiger partial charge in [0.05, 0.1) is 5.69 Å². The Balaban J connectivity index is 2.09. The summed E-state index contributed by atoms with van der Waals surface area (Å²) in [5.41, 5.74) is 0.752. The molecule has 0 aliphatic carbocycles. The third-order valence-corrected chi connectivity index (χ3v) is 4.84. The van der Waals surface area contributed by atoms with Gasteiger partial charge in [0.1, 0.15) is 5.82 Å². The van der Waals surface area contributed by atoms with E-state index >= 15 is 0 Å². The average molecular weight is 393 g/mol. The van der Waals surface area contributed by atoms with Crippen LogP contribution in [-0.2, 0) is 9.59 Å². The highest BCUT2D eigenvalue weighted by atomic mass is 127. The fourth-order valence-corrected chi connectivity index (χ4v) is 3.52. The lowest BCUT2D eigenvalue weighted by Crippen LogP contribution is -2.25. The van der Waals surface area contributed by atoms with Gasteiger partial charge in [0, 0.05) is 29.2 Å². The number of thioether (sulfide) groups is 1. The van der Waals surface area contributed by atoms with Crippen molar-refractivity contribution in [2.75, 3.05) is 17.2 Å². The van der Waals surface area contributed by atoms with Crippen molar-refractivity contribution in [3.05, 3.63) is 27.6 Å². The van der Waals surface area contributed by atoms with Crippen molar-refractivity contribution < 1.29 is 14.0 Å². The highest BCUT2D eigenvalue weighted by Crippen LogP contribution is 2.30. The summed E-state index contributed by atoms with van der Waals surface area (Å²) in [4.78, 5) is 24.6. The molecule has 0 spiro atoms. The van der Waals surface area contributed by atoms with Crippen LogP contribution in [0.4, 0.5) is 10.1 Å². The van der Waals surface area contributed by atoms with Gasteiger partial charge in [0.25, 0.3) is 0 Å². The number of hydrogen-bond acceptors (Lipinski definition) is 3. The highest BCUT2D eigenvalue weighted by molar-refractivity contribution is 14.1. The molecule has 1 saturated heterocycles. The van der Waals surface area contributed by atoms with E-state index in [0.717, 1.165) is 9.26 Å². The maximum absolute atomic E-state index is 13.1. The summed E-state index contributed by atoms with van der Waals surface area (Å²) in [6, 6.07) is 4.42. The van der Waals surface area contributed by atoms with Gasteiger partial charge in [-0.05, 0) is 46.7 Å². The summed E-state index contributed by atoms with van der Waals surface area (Å²) in [5, 5.41) is 0.0715. The van der Waals surface area contributed by atoms with Crippen LogP contribution in [0.1, 0.15) is 13.3 Å². The Morgan fingerprint density at radius 1 is 1.58 bits per heavy atom. The van der Waals surface area contributed by atoms with Crippen molar-refractivity contribution in [2.24, 2.45) is 5.92 Å². The van der Waals surface area contributed by atoms with E-state index in [4.69, 9.17) is 0 Å². The van der Waals surface area contributed by atoms with Gasteiger partial charge in [-0.25, -0.2) is 4.39 Å². The Kier molecular flexibility index (Phi) is 4.83. The molecule has 1 aromatic rings. The molecule has 3 nitrogen and oxygen atoms in total. The average Bonchev–Trinajstić information content (AvgIpc) is 2.68. The van der Waals surface area contributed by atoms with Crippen LogP contribution < -0.4 is 4.90 Å². The lowest BCUT2D eigenvalue weighted by atomic mass is 10.1. The van der Waals surface area contributed by atoms with Gasteiger partial charge >= 0.3 is 0 Å². The van der Waals surface area contributed by atoms with Crippen LogP contribution in [0.5, 0.6) is 0 Å². The molecule has 1 aromatic carbocycles. The van der Waals surface area contributed by atoms with Crippen molar-refractivity contribution >= 4 is 51.1 Å². The third-order valence-electron chi connectivity index (χ3n) is 2.93. The monoisotopic (exact) mass is 393 g/mol. The maximum atomic E-state index is 13.1. The van der Waals surface area contributed by atoms with E-state index in [1.807, 2.05) is 22.6 Å². The minimum Gasteiger partial charge on any atom is -0.311 e. The number of rotatable bonds is 3. The standard InChI is InChI=1S/C13H13FINO2S/c1-8(17)19-7-9-4-13(18)16(6-9)12-3-2-10(14)5-11(12)15/h2-3,5,9H,4,6-7H2,1H3. The molecule has 102 valence electrons. The Morgan fingerprint density at radius 2 is 2.32 bits per heavy atom. The lowest BCUT2D eigenvalue weighted by Gasteiger charge is -2.18. The van der Waals surface area contributed by atoms with Crippen LogP contribution in [0.2, 0.25) is 0 Å². The summed E-state index contributed by atoms with van der Waals surface area (Å²) in [6.07, 6.45) is 0.452. The zero-order chi connectivity index (χ0) is 14.0. The van der Waals surface area contributed by atoms with E-state index < -0.39 is 0 Å². The van der Waals surface area contributed by atoms with Crippen LogP contribution in [0.3, 0.4) is 0 Å². The Morgan fingerprint density at radius 3 is 2.95 bits per heavy atom. The van der Waals surface area contributed by atoms with Crippen molar-refractivity contribution in [3.8, 4) is 0 Å². The van der Waals surface area contributed by atoms with Crippen molar-refractivity contribution in [2.45, 2.75) is 13.3 Å². The van der Waals surface area contributed by atoms with E-state index in [9.17, 15) is 14.0 Å². The van der Waals surface area contributed by atoms with Gasteiger partial charge in [-0.2, -0.15) is 0 Å². The highest BCUT2D eigenvalue weighted by Gasteiger charge is 2.31. The summed E-state index contributed by atoms with van der Waals surface area (Å²) in [5.74, 6) is 0.583. The second-order valence-electron chi connectivity index (χ2n) is 4.47. The Bertz CT molecular complexity index is 523. The SMILES string of the molecule is CC(=O)SCC1CC(=O)N(c2ccc(F)cc2I)C1. The molecule has 1 unspecified atom stereocenters. The van der Waals surface area contributed by atoms with Crippen molar-refractivity contribution in [1.82, 2.24) is 0 Å². The zero-order valence-electron chi connectivity index (χ0n) is 10.4. The normalized spacial score (nSPS) is 19.0. The number of nitrogens with zero attached hydrogens (tertiary/aromatic N) is 1. The maximum Gasteiger partial charge on any atom is 0.227 e. The third kappa shape index (κ3) is 3.68. The van der Waals surface area contributed by atoms with Gasteiger partial charge in [0.15, 0.2) is 5.12 Å². The smallest absolute Gasteiger partial charge is 0.227 e. The van der Waals surface area contributed by atoms with Gasteiger partial charge < -0.3 is 4.90 Å². The molecule has 6 heteroatoms. The molecule has 1 aliphatic rings. The lowest BCUT2D eigenvalue weighted by molar-refractivity contribution is -0.117. The topological polar surface area (TPSA) is 37.4 Å². The first-order valence-electron chi connectivity index (χ1n) is 5.86. The number of amides is 1. The zero-order valence-corrected chi connectivity index (χ0v) is 13.3. The minimum atomic E-state index is -0.302. The van der Waals surface area contributed by atoms with E-state index in [1.165, 1.54) is 30.8 Å². The summed E-state index contributed by atoms with van der Waals surface area (Å²) < 4.78 is 13.8. The van der Waals surface area contributed by atoms with E-state index in [1.54, 1.807) is 11.0 Å². The number of halogens is 2. The molecule has 0 bridgehead atoms. The number of benzene rings is 1. The summed E-state index contributed by atoms with van der Waals surface area (Å²) in [7, 11) is 0. The Hall–Kier alpha value is -0.630. The predicted molar refractivity (Wildman–Crippen MR) is 82.7 cm³/mol. The quantitative estimate of drug-likeness (QED) is 0.741. The minimum absolute atomic E-state index is 0.0404. The number of carbonyl (C=O) groups excluding carboxylic acids is 2. The summed E-state index contributed by atoms with van der Waals surface area (Å²) in [6.45, 7) is 2.13. The van der Waals surface area contributed by atoms with Crippen LogP contribution in [-0.4, -0.2) is 23.3 Å². The number of anilines is 1. The molecule has 0 radical (unpaired) electrons. The molecule has 19 heavy (non-hydrogen) atoms. The van der Waals surface area contributed by atoms with Crippen molar-refractivity contribution in [3.63, 3.8) is 0 Å². The van der Waals surface area contributed by atoms with Crippen LogP contribution >= 0.6 is 34.4 Å². The summed E-state index contributed by atoms with van der Waals surface area (Å²) >= 11 is 3.29. The largest absolute Gasteiger partial charge is 0.311 e. The molecular formula is C13H13FINO2S. The fraction of sp³-hybridized carbons (Fsp3) is 0.385. The predicted octanol–water partition coefficient (Wildman–Crippen LogP) is 3.06. The first kappa shape index (κ1) is 14.8. The van der Waals surface area contributed by atoms with Gasteiger partial charge in [0.2, 0.25) is 5.91 Å². The molecular weight excluding hydrogens is 380 g/mol. The van der Waals surface area contributed by atoms with Crippen molar-refractivity contribution in [1.29, 1.82) is 0 Å². The van der Waals surface area contributed by atoms with Gasteiger partial charge in [-0.15, -0.1) is 0 Å². The molecule has 1 heterocycles.